The second-order valence-corrected chi connectivity index (χ2v) is 8.09. The summed E-state index contributed by atoms with van der Waals surface area (Å²) < 4.78 is 139. The molecule has 168 valence electrons. The van der Waals surface area contributed by atoms with E-state index in [0.29, 0.717) is 27.1 Å². The fraction of sp³-hybridized carbons (Fsp3) is 0. The minimum absolute atomic E-state index is 0.0525. The number of hydrogen-bond acceptors (Lipinski definition) is 0. The van der Waals surface area contributed by atoms with Crippen LogP contribution in [0.5, 0.6) is 0 Å². The number of hydrogen-bond donors (Lipinski definition) is 0. The summed E-state index contributed by atoms with van der Waals surface area (Å²) in [5, 5.41) is 0.855. The summed E-state index contributed by atoms with van der Waals surface area (Å²) in [5.74, 6) is 0. The van der Waals surface area contributed by atoms with Crippen LogP contribution in [-0.4, -0.2) is 0 Å². The van der Waals surface area contributed by atoms with E-state index < -0.39 is 108 Å². The summed E-state index contributed by atoms with van der Waals surface area (Å²) in [6.45, 7) is 0. The molecule has 0 N–H and O–H groups in total. The summed E-state index contributed by atoms with van der Waals surface area (Å²) in [5.41, 5.74) is -0.541. The molecule has 0 saturated carbocycles. The molecule has 0 aliphatic carbocycles. The molecule has 0 saturated heterocycles. The van der Waals surface area contributed by atoms with Crippen molar-refractivity contribution in [2.75, 3.05) is 0 Å². The van der Waals surface area contributed by atoms with Crippen molar-refractivity contribution in [1.29, 1.82) is 0 Å². The van der Waals surface area contributed by atoms with E-state index >= 15 is 0 Å². The summed E-state index contributed by atoms with van der Waals surface area (Å²) in [6, 6.07) is 3.84. The summed E-state index contributed by atoms with van der Waals surface area (Å²) in [4.78, 5) is 0. The third kappa shape index (κ3) is 3.31. The molecule has 0 aromatic heterocycles. The molecular formula is C36H24. The largest absolute Gasteiger partial charge is 0.0629 e. The van der Waals surface area contributed by atoms with Gasteiger partial charge in [-0.15, -0.1) is 0 Å². The highest BCUT2D eigenvalue weighted by Crippen LogP contribution is 2.43. The Labute approximate surface area is 233 Å². The molecule has 0 aliphatic rings. The number of rotatable bonds is 3. The lowest BCUT2D eigenvalue weighted by Crippen LogP contribution is -1.90. The fourth-order valence-corrected chi connectivity index (χ4v) is 4.60. The van der Waals surface area contributed by atoms with Crippen LogP contribution >= 0.6 is 0 Å². The fourth-order valence-electron chi connectivity index (χ4n) is 4.60. The lowest BCUT2D eigenvalue weighted by atomic mass is 9.85. The minimum Gasteiger partial charge on any atom is -0.0622 e. The van der Waals surface area contributed by atoms with Crippen molar-refractivity contribution in [2.45, 2.75) is 0 Å². The van der Waals surface area contributed by atoms with Gasteiger partial charge in [0.1, 0.15) is 0 Å². The zero-order valence-corrected chi connectivity index (χ0v) is 18.6. The molecule has 7 rings (SSSR count). The van der Waals surface area contributed by atoms with Crippen molar-refractivity contribution in [3.8, 4) is 33.4 Å². The molecule has 0 fully saturated rings. The van der Waals surface area contributed by atoms with Gasteiger partial charge in [0.05, 0.1) is 21.9 Å². The Kier molecular flexibility index (Phi) is 2.40. The van der Waals surface area contributed by atoms with Crippen molar-refractivity contribution >= 4 is 32.3 Å². The molecule has 7 aromatic rings. The van der Waals surface area contributed by atoms with Gasteiger partial charge in [-0.25, -0.2) is 0 Å². The molecule has 0 amide bonds. The maximum absolute atomic E-state index is 9.31. The van der Waals surface area contributed by atoms with Gasteiger partial charge >= 0.3 is 0 Å². The Bertz CT molecular complexity index is 2630. The number of benzene rings is 7. The monoisotopic (exact) mass is 472 g/mol. The first-order valence-electron chi connectivity index (χ1n) is 19.2. The standard InChI is InChI=1S/C36H24/c1-2-12-27(13-3-1)35-31-16-6-8-18-33(31)36(34-19-9-7-17-32(34)35)28-23-21-26(22-24-28)30-20-10-14-25-11-4-5-15-29(25)30/h1-24H/i1D,2D,3D,4D,5D,10D,11D,12D,13D,14D,15D,20D,21D,22D,23D,24D. The Hall–Kier alpha value is -4.68. The highest BCUT2D eigenvalue weighted by molar-refractivity contribution is 6.21. The molecule has 0 heteroatoms. The van der Waals surface area contributed by atoms with E-state index in [-0.39, 0.29) is 27.5 Å². The van der Waals surface area contributed by atoms with E-state index in [1.165, 1.54) is 0 Å². The molecule has 7 aromatic carbocycles. The van der Waals surface area contributed by atoms with Crippen molar-refractivity contribution in [1.82, 2.24) is 0 Å². The minimum atomic E-state index is -0.714. The molecule has 0 radical (unpaired) electrons. The van der Waals surface area contributed by atoms with Gasteiger partial charge in [-0.1, -0.05) is 145 Å². The molecule has 0 aliphatic heterocycles. The molecule has 0 bridgehead atoms. The zero-order valence-electron chi connectivity index (χ0n) is 34.6. The quantitative estimate of drug-likeness (QED) is 0.224. The average Bonchev–Trinajstić information content (AvgIpc) is 3.14. The predicted octanol–water partition coefficient (Wildman–Crippen LogP) is 10.1. The van der Waals surface area contributed by atoms with Gasteiger partial charge in [-0.05, 0) is 65.7 Å². The lowest BCUT2D eigenvalue weighted by molar-refractivity contribution is 1.63. The van der Waals surface area contributed by atoms with E-state index in [9.17, 15) is 5.48 Å². The first kappa shape index (κ1) is 10.1. The summed E-state index contributed by atoms with van der Waals surface area (Å²) in [6.07, 6.45) is 0. The Morgan fingerprint density at radius 1 is 0.361 bits per heavy atom. The van der Waals surface area contributed by atoms with Crippen molar-refractivity contribution in [3.05, 3.63) is 145 Å². The predicted molar refractivity (Wildman–Crippen MR) is 155 cm³/mol. The van der Waals surface area contributed by atoms with Crippen LogP contribution in [0.2, 0.25) is 0 Å². The Balaban J connectivity index is 1.65. The van der Waals surface area contributed by atoms with Crippen LogP contribution in [0.3, 0.4) is 0 Å². The van der Waals surface area contributed by atoms with Crippen LogP contribution in [0.1, 0.15) is 21.9 Å². The van der Waals surface area contributed by atoms with Crippen LogP contribution in [0.25, 0.3) is 65.7 Å². The van der Waals surface area contributed by atoms with Crippen molar-refractivity contribution < 1.29 is 21.9 Å². The molecule has 0 nitrogen and oxygen atoms in total. The van der Waals surface area contributed by atoms with Gasteiger partial charge in [0.25, 0.3) is 0 Å². The molecule has 0 unspecified atom stereocenters. The van der Waals surface area contributed by atoms with E-state index in [1.54, 1.807) is 48.5 Å². The smallest absolute Gasteiger partial charge is 0.0622 e. The van der Waals surface area contributed by atoms with Gasteiger partial charge in [-0.3, -0.25) is 0 Å². The summed E-state index contributed by atoms with van der Waals surface area (Å²) >= 11 is 0. The summed E-state index contributed by atoms with van der Waals surface area (Å²) in [7, 11) is 0. The third-order valence-electron chi connectivity index (χ3n) is 6.12. The molecule has 0 spiro atoms. The zero-order chi connectivity index (χ0) is 37.8. The SMILES string of the molecule is [2H]c1c([2H])c([2H])c(-c2c3ccccc3c(-c3c([2H])c([2H])c(-c4c([2H])c([2H])c([2H])c5c([2H])c([2H])c([2H])c([2H])c45)c([2H])c3[2H])c3ccccc23)c([2H])c1[2H]. The average molecular weight is 473 g/mol. The molecule has 0 atom stereocenters. The van der Waals surface area contributed by atoms with Crippen molar-refractivity contribution in [3.63, 3.8) is 0 Å². The third-order valence-corrected chi connectivity index (χ3v) is 6.12. The van der Waals surface area contributed by atoms with Gasteiger partial charge < -0.3 is 0 Å². The van der Waals surface area contributed by atoms with Crippen LogP contribution in [-0.2, 0) is 0 Å². The molecule has 36 heavy (non-hydrogen) atoms. The first-order valence-corrected chi connectivity index (χ1v) is 11.2. The first-order chi connectivity index (χ1) is 24.5. The topological polar surface area (TPSA) is 0 Å². The maximum Gasteiger partial charge on any atom is 0.0629 e. The Morgan fingerprint density at radius 3 is 1.44 bits per heavy atom. The normalized spacial score (nSPS) is 17.6. The van der Waals surface area contributed by atoms with Gasteiger partial charge in [0.15, 0.2) is 0 Å². The van der Waals surface area contributed by atoms with E-state index in [0.717, 1.165) is 0 Å². The molecule has 0 heterocycles. The Morgan fingerprint density at radius 2 is 0.833 bits per heavy atom. The van der Waals surface area contributed by atoms with Gasteiger partial charge in [0, 0.05) is 0 Å². The van der Waals surface area contributed by atoms with Crippen molar-refractivity contribution in [2.24, 2.45) is 0 Å². The van der Waals surface area contributed by atoms with Crippen LogP contribution in [0, 0.1) is 0 Å². The van der Waals surface area contributed by atoms with Crippen LogP contribution in [0.4, 0.5) is 0 Å². The lowest BCUT2D eigenvalue weighted by Gasteiger charge is -2.18. The van der Waals surface area contributed by atoms with Gasteiger partial charge in [0.2, 0.25) is 0 Å². The maximum atomic E-state index is 9.31. The van der Waals surface area contributed by atoms with E-state index in [2.05, 4.69) is 0 Å². The second kappa shape index (κ2) is 8.52. The van der Waals surface area contributed by atoms with Crippen LogP contribution in [0.15, 0.2) is 145 Å². The van der Waals surface area contributed by atoms with E-state index in [1.807, 2.05) is 0 Å². The van der Waals surface area contributed by atoms with E-state index in [4.69, 9.17) is 16.4 Å². The van der Waals surface area contributed by atoms with Gasteiger partial charge in [-0.2, -0.15) is 0 Å². The van der Waals surface area contributed by atoms with Crippen LogP contribution < -0.4 is 0 Å². The second-order valence-electron chi connectivity index (χ2n) is 8.09. The number of fused-ring (bicyclic) bond motifs is 3. The highest BCUT2D eigenvalue weighted by Gasteiger charge is 2.16. The highest BCUT2D eigenvalue weighted by atomic mass is 14.2. The molecular weight excluding hydrogens is 432 g/mol.